The third-order valence-corrected chi connectivity index (χ3v) is 3.14. The average Bonchev–Trinajstić information content (AvgIpc) is 1.74. The van der Waals surface area contributed by atoms with Gasteiger partial charge in [-0.15, -0.1) is 0 Å². The second kappa shape index (κ2) is 1.54. The highest BCUT2D eigenvalue weighted by molar-refractivity contribution is 5.19. The van der Waals surface area contributed by atoms with E-state index in [4.69, 9.17) is 11.0 Å². The van der Waals surface area contributed by atoms with Gasteiger partial charge in [-0.1, -0.05) is 0 Å². The van der Waals surface area contributed by atoms with Gasteiger partial charge in [-0.2, -0.15) is 5.26 Å². The van der Waals surface area contributed by atoms with Gasteiger partial charge in [-0.25, -0.2) is 0 Å². The molecule has 0 amide bonds. The molecule has 2 N–H and O–H groups in total. The summed E-state index contributed by atoms with van der Waals surface area (Å²) < 4.78 is 0. The molecule has 3 saturated carbocycles. The Bertz CT molecular complexity index is 182. The fourth-order valence-corrected chi connectivity index (χ4v) is 2.80. The molecule has 2 bridgehead atoms. The molecule has 2 nitrogen and oxygen atoms in total. The molecular weight excluding hydrogens is 124 g/mol. The molecule has 3 rings (SSSR count). The number of nitriles is 1. The van der Waals surface area contributed by atoms with E-state index in [-0.39, 0.29) is 0 Å². The second-order valence-electron chi connectivity index (χ2n) is 4.07. The Morgan fingerprint density at radius 2 is 1.90 bits per heavy atom. The summed E-state index contributed by atoms with van der Waals surface area (Å²) in [6.07, 6.45) is 4.44. The summed E-state index contributed by atoms with van der Waals surface area (Å²) in [5.41, 5.74) is 6.51. The maximum atomic E-state index is 8.47. The summed E-state index contributed by atoms with van der Waals surface area (Å²) in [5, 5.41) is 8.47. The lowest BCUT2D eigenvalue weighted by molar-refractivity contribution is -0.192. The summed E-state index contributed by atoms with van der Waals surface area (Å²) in [4.78, 5) is 0. The molecule has 0 aromatic heterocycles. The first kappa shape index (κ1) is 6.18. The topological polar surface area (TPSA) is 49.8 Å². The molecule has 54 valence electrons. The number of hydrogen-bond acceptors (Lipinski definition) is 2. The molecule has 0 aromatic rings. The number of nitrogens with two attached hydrogens (primary N) is 1. The predicted molar refractivity (Wildman–Crippen MR) is 38.0 cm³/mol. The number of nitrogens with zero attached hydrogens (tertiary/aromatic N) is 1. The van der Waals surface area contributed by atoms with E-state index in [1.54, 1.807) is 0 Å². The monoisotopic (exact) mass is 136 g/mol. The Kier molecular flexibility index (Phi) is 0.952. The molecule has 0 unspecified atom stereocenters. The predicted octanol–water partition coefficient (Wildman–Crippen LogP) is 1.03. The highest BCUT2D eigenvalue weighted by atomic mass is 14.8. The maximum absolute atomic E-state index is 8.47. The molecule has 10 heavy (non-hydrogen) atoms. The Hall–Kier alpha value is -0.550. The van der Waals surface area contributed by atoms with Gasteiger partial charge in [-0.05, 0) is 36.6 Å². The van der Waals surface area contributed by atoms with Gasteiger partial charge in [0.25, 0.3) is 0 Å². The van der Waals surface area contributed by atoms with E-state index >= 15 is 0 Å². The van der Waals surface area contributed by atoms with Crippen molar-refractivity contribution in [2.75, 3.05) is 6.54 Å². The van der Waals surface area contributed by atoms with Gasteiger partial charge in [0.15, 0.2) is 0 Å². The van der Waals surface area contributed by atoms with Crippen LogP contribution < -0.4 is 5.73 Å². The van der Waals surface area contributed by atoms with Crippen LogP contribution >= 0.6 is 0 Å². The van der Waals surface area contributed by atoms with Crippen LogP contribution in [0.3, 0.4) is 0 Å². The van der Waals surface area contributed by atoms with E-state index in [0.717, 1.165) is 13.0 Å². The van der Waals surface area contributed by atoms with Crippen molar-refractivity contribution in [2.24, 2.45) is 16.6 Å². The number of hydrogen-bond donors (Lipinski definition) is 1. The first-order valence-corrected chi connectivity index (χ1v) is 3.81. The molecule has 0 aromatic carbocycles. The summed E-state index contributed by atoms with van der Waals surface area (Å²) in [6.45, 7) is 0.834. The third-order valence-electron chi connectivity index (χ3n) is 3.14. The average molecular weight is 136 g/mol. The van der Waals surface area contributed by atoms with Crippen LogP contribution in [0.15, 0.2) is 0 Å². The first-order chi connectivity index (χ1) is 4.74. The molecule has 0 heterocycles. The molecule has 0 saturated heterocycles. The van der Waals surface area contributed by atoms with Crippen molar-refractivity contribution in [3.05, 3.63) is 0 Å². The minimum absolute atomic E-state index is 0.439. The zero-order chi connectivity index (χ0) is 7.24. The van der Waals surface area contributed by atoms with Crippen LogP contribution in [-0.2, 0) is 0 Å². The normalized spacial score (nSPS) is 48.8. The molecule has 2 heteroatoms. The fraction of sp³-hybridized carbons (Fsp3) is 0.875. The summed E-state index contributed by atoms with van der Waals surface area (Å²) >= 11 is 0. The number of rotatable bonds is 2. The lowest BCUT2D eigenvalue weighted by Crippen LogP contribution is -2.64. The first-order valence-electron chi connectivity index (χ1n) is 3.81. The van der Waals surface area contributed by atoms with E-state index in [9.17, 15) is 0 Å². The second-order valence-corrected chi connectivity index (χ2v) is 4.07. The van der Waals surface area contributed by atoms with Gasteiger partial charge in [0.05, 0.1) is 6.07 Å². The zero-order valence-electron chi connectivity index (χ0n) is 6.06. The Morgan fingerprint density at radius 1 is 1.30 bits per heavy atom. The van der Waals surface area contributed by atoms with Crippen LogP contribution in [0.2, 0.25) is 0 Å². The lowest BCUT2D eigenvalue weighted by atomic mass is 9.34. The van der Waals surface area contributed by atoms with E-state index < -0.39 is 0 Å². The highest BCUT2D eigenvalue weighted by Crippen LogP contribution is 2.74. The van der Waals surface area contributed by atoms with Crippen molar-refractivity contribution in [3.63, 3.8) is 0 Å². The Morgan fingerprint density at radius 3 is 2.30 bits per heavy atom. The van der Waals surface area contributed by atoms with Gasteiger partial charge < -0.3 is 5.73 Å². The van der Waals surface area contributed by atoms with Crippen LogP contribution in [0.4, 0.5) is 0 Å². The molecular formula is C8H12N2. The van der Waals surface area contributed by atoms with Gasteiger partial charge in [0, 0.05) is 6.42 Å². The molecule has 0 aliphatic heterocycles. The van der Waals surface area contributed by atoms with Crippen molar-refractivity contribution in [1.82, 2.24) is 0 Å². The molecule has 3 fully saturated rings. The summed E-state index contributed by atoms with van der Waals surface area (Å²) in [6, 6.07) is 2.25. The Balaban J connectivity index is 1.93. The lowest BCUT2D eigenvalue weighted by Gasteiger charge is -2.70. The highest BCUT2D eigenvalue weighted by Gasteiger charge is 2.66. The molecule has 0 atom stereocenters. The van der Waals surface area contributed by atoms with E-state index in [1.807, 2.05) is 0 Å². The van der Waals surface area contributed by atoms with Crippen molar-refractivity contribution in [2.45, 2.75) is 25.7 Å². The van der Waals surface area contributed by atoms with Crippen LogP contribution in [0.1, 0.15) is 25.7 Å². The van der Waals surface area contributed by atoms with Gasteiger partial charge >= 0.3 is 0 Å². The molecule has 0 radical (unpaired) electrons. The third kappa shape index (κ3) is 0.518. The van der Waals surface area contributed by atoms with Gasteiger partial charge in [-0.3, -0.25) is 0 Å². The quantitative estimate of drug-likeness (QED) is 0.616. The smallest absolute Gasteiger partial charge is 0.0627 e. The van der Waals surface area contributed by atoms with Crippen molar-refractivity contribution >= 4 is 0 Å². The summed E-state index contributed by atoms with van der Waals surface area (Å²) in [5.74, 6) is 0. The van der Waals surface area contributed by atoms with Crippen LogP contribution in [0, 0.1) is 22.2 Å². The standard InChI is InChI=1S/C8H12N2/c9-2-1-7-3-8(4-7,5-7)6-10/h1,3-6,10H2. The van der Waals surface area contributed by atoms with Crippen LogP contribution in [-0.4, -0.2) is 6.54 Å². The van der Waals surface area contributed by atoms with Crippen LogP contribution in [0.5, 0.6) is 0 Å². The SMILES string of the molecule is N#CCC12CC(CN)(C1)C2. The Labute approximate surface area is 61.0 Å². The van der Waals surface area contributed by atoms with Crippen molar-refractivity contribution in [1.29, 1.82) is 5.26 Å². The zero-order valence-corrected chi connectivity index (χ0v) is 6.06. The van der Waals surface area contributed by atoms with Gasteiger partial charge in [0.1, 0.15) is 0 Å². The van der Waals surface area contributed by atoms with Crippen LogP contribution in [0.25, 0.3) is 0 Å². The molecule has 3 aliphatic rings. The largest absolute Gasteiger partial charge is 0.330 e. The van der Waals surface area contributed by atoms with Gasteiger partial charge in [0.2, 0.25) is 0 Å². The van der Waals surface area contributed by atoms with E-state index in [0.29, 0.717) is 10.8 Å². The van der Waals surface area contributed by atoms with Crippen molar-refractivity contribution < 1.29 is 0 Å². The molecule has 3 aliphatic carbocycles. The maximum Gasteiger partial charge on any atom is 0.0627 e. The van der Waals surface area contributed by atoms with E-state index in [2.05, 4.69) is 6.07 Å². The van der Waals surface area contributed by atoms with E-state index in [1.165, 1.54) is 19.3 Å². The minimum atomic E-state index is 0.439. The summed E-state index contributed by atoms with van der Waals surface area (Å²) in [7, 11) is 0. The fourth-order valence-electron chi connectivity index (χ4n) is 2.80. The minimum Gasteiger partial charge on any atom is -0.330 e. The van der Waals surface area contributed by atoms with Crippen molar-refractivity contribution in [3.8, 4) is 6.07 Å². The molecule has 0 spiro atoms.